The highest BCUT2D eigenvalue weighted by Crippen LogP contribution is 2.36. The van der Waals surface area contributed by atoms with Gasteiger partial charge < -0.3 is 4.42 Å². The molecule has 0 radical (unpaired) electrons. The van der Waals surface area contributed by atoms with Crippen molar-refractivity contribution in [3.8, 4) is 17.5 Å². The van der Waals surface area contributed by atoms with Gasteiger partial charge in [-0.1, -0.05) is 0 Å². The van der Waals surface area contributed by atoms with Crippen LogP contribution < -0.4 is 0 Å². The first-order valence-electron chi connectivity index (χ1n) is 8.47. The summed E-state index contributed by atoms with van der Waals surface area (Å²) in [6, 6.07) is 10.4. The maximum absolute atomic E-state index is 12.7. The molecule has 1 atom stereocenters. The SMILES string of the molecule is N#Cc1cccnc1C1CCc2oc(-c3ccc(C(F)(F)F)cc3)nc2C1. The van der Waals surface area contributed by atoms with Crippen molar-refractivity contribution in [2.24, 2.45) is 0 Å². The number of rotatable bonds is 2. The van der Waals surface area contributed by atoms with Crippen LogP contribution in [0.5, 0.6) is 0 Å². The van der Waals surface area contributed by atoms with E-state index in [0.29, 0.717) is 29.9 Å². The van der Waals surface area contributed by atoms with Crippen LogP contribution >= 0.6 is 0 Å². The first kappa shape index (κ1) is 17.3. The van der Waals surface area contributed by atoms with Crippen LogP contribution in [0.3, 0.4) is 0 Å². The van der Waals surface area contributed by atoms with Crippen LogP contribution in [0.2, 0.25) is 0 Å². The lowest BCUT2D eigenvalue weighted by molar-refractivity contribution is -0.137. The average Bonchev–Trinajstić information content (AvgIpc) is 3.10. The van der Waals surface area contributed by atoms with E-state index in [1.807, 2.05) is 0 Å². The highest BCUT2D eigenvalue weighted by atomic mass is 19.4. The summed E-state index contributed by atoms with van der Waals surface area (Å²) in [5, 5.41) is 9.27. The quantitative estimate of drug-likeness (QED) is 0.645. The van der Waals surface area contributed by atoms with E-state index in [1.54, 1.807) is 18.3 Å². The summed E-state index contributed by atoms with van der Waals surface area (Å²) >= 11 is 0. The Hall–Kier alpha value is -3.14. The van der Waals surface area contributed by atoms with Crippen LogP contribution in [0.1, 0.15) is 40.6 Å². The first-order valence-corrected chi connectivity index (χ1v) is 8.47. The van der Waals surface area contributed by atoms with Crippen molar-refractivity contribution in [2.75, 3.05) is 0 Å². The Morgan fingerprint density at radius 1 is 1.15 bits per heavy atom. The van der Waals surface area contributed by atoms with E-state index >= 15 is 0 Å². The number of nitriles is 1. The zero-order chi connectivity index (χ0) is 19.0. The van der Waals surface area contributed by atoms with Gasteiger partial charge in [-0.05, 0) is 42.8 Å². The third kappa shape index (κ3) is 3.31. The normalized spacial score (nSPS) is 16.6. The molecule has 1 unspecified atom stereocenters. The highest BCUT2D eigenvalue weighted by molar-refractivity contribution is 5.55. The number of oxazole rings is 1. The maximum Gasteiger partial charge on any atom is 0.416 e. The number of benzene rings is 1. The molecule has 0 fully saturated rings. The Bertz CT molecular complexity index is 1020. The highest BCUT2D eigenvalue weighted by Gasteiger charge is 2.31. The van der Waals surface area contributed by atoms with E-state index in [2.05, 4.69) is 16.0 Å². The predicted octanol–water partition coefficient (Wildman–Crippen LogP) is 4.90. The number of aromatic nitrogens is 2. The van der Waals surface area contributed by atoms with Crippen molar-refractivity contribution in [2.45, 2.75) is 31.4 Å². The molecule has 4 rings (SSSR count). The molecule has 2 heterocycles. The van der Waals surface area contributed by atoms with Gasteiger partial charge in [-0.25, -0.2) is 4.98 Å². The Labute approximate surface area is 153 Å². The molecule has 0 amide bonds. The molecule has 4 nitrogen and oxygen atoms in total. The number of hydrogen-bond acceptors (Lipinski definition) is 4. The summed E-state index contributed by atoms with van der Waals surface area (Å²) in [7, 11) is 0. The van der Waals surface area contributed by atoms with Crippen LogP contribution in [0.15, 0.2) is 47.0 Å². The van der Waals surface area contributed by atoms with Crippen LogP contribution in [-0.2, 0) is 19.0 Å². The average molecular weight is 369 g/mol. The van der Waals surface area contributed by atoms with Gasteiger partial charge in [0, 0.05) is 30.5 Å². The fourth-order valence-corrected chi connectivity index (χ4v) is 3.37. The van der Waals surface area contributed by atoms with E-state index in [0.717, 1.165) is 35.7 Å². The van der Waals surface area contributed by atoms with E-state index < -0.39 is 11.7 Å². The fraction of sp³-hybridized carbons (Fsp3) is 0.250. The Balaban J connectivity index is 1.60. The van der Waals surface area contributed by atoms with E-state index in [4.69, 9.17) is 4.42 Å². The predicted molar refractivity (Wildman–Crippen MR) is 90.7 cm³/mol. The van der Waals surface area contributed by atoms with Gasteiger partial charge in [-0.2, -0.15) is 18.4 Å². The molecule has 0 aliphatic heterocycles. The zero-order valence-electron chi connectivity index (χ0n) is 14.1. The minimum atomic E-state index is -4.37. The zero-order valence-corrected chi connectivity index (χ0v) is 14.1. The number of fused-ring (bicyclic) bond motifs is 1. The third-order valence-electron chi connectivity index (χ3n) is 4.74. The van der Waals surface area contributed by atoms with Gasteiger partial charge in [-0.15, -0.1) is 0 Å². The fourth-order valence-electron chi connectivity index (χ4n) is 3.37. The molecule has 0 spiro atoms. The molecule has 0 saturated carbocycles. The monoisotopic (exact) mass is 369 g/mol. The molecule has 3 aromatic rings. The standard InChI is InChI=1S/C20H14F3N3O/c21-20(22,23)15-6-3-12(4-7-15)19-26-16-10-13(5-8-17(16)27-19)18-14(11-24)2-1-9-25-18/h1-4,6-7,9,13H,5,8,10H2. The molecular formula is C20H14F3N3O. The van der Waals surface area contributed by atoms with Crippen molar-refractivity contribution >= 4 is 0 Å². The first-order chi connectivity index (χ1) is 13.0. The van der Waals surface area contributed by atoms with Crippen LogP contribution in [0.4, 0.5) is 13.2 Å². The number of aryl methyl sites for hydroxylation is 1. The summed E-state index contributed by atoms with van der Waals surface area (Å²) in [6.45, 7) is 0. The van der Waals surface area contributed by atoms with Crippen LogP contribution in [0.25, 0.3) is 11.5 Å². The Morgan fingerprint density at radius 3 is 2.63 bits per heavy atom. The molecular weight excluding hydrogens is 355 g/mol. The second-order valence-corrected chi connectivity index (χ2v) is 6.45. The van der Waals surface area contributed by atoms with Crippen molar-refractivity contribution in [3.05, 3.63) is 70.9 Å². The van der Waals surface area contributed by atoms with Crippen molar-refractivity contribution in [1.82, 2.24) is 9.97 Å². The summed E-state index contributed by atoms with van der Waals surface area (Å²) in [5.74, 6) is 1.13. The van der Waals surface area contributed by atoms with E-state index in [-0.39, 0.29) is 5.92 Å². The van der Waals surface area contributed by atoms with Crippen LogP contribution in [0, 0.1) is 11.3 Å². The minimum Gasteiger partial charge on any atom is -0.441 e. The van der Waals surface area contributed by atoms with Gasteiger partial charge in [0.15, 0.2) is 0 Å². The maximum atomic E-state index is 12.7. The number of pyridine rings is 1. The molecule has 2 aromatic heterocycles. The number of nitrogens with zero attached hydrogens (tertiary/aromatic N) is 3. The van der Waals surface area contributed by atoms with Gasteiger partial charge in [0.25, 0.3) is 0 Å². The Kier molecular flexibility index (Phi) is 4.19. The lowest BCUT2D eigenvalue weighted by Crippen LogP contribution is -2.14. The summed E-state index contributed by atoms with van der Waals surface area (Å²) in [5.41, 5.74) is 1.88. The van der Waals surface area contributed by atoms with Crippen molar-refractivity contribution < 1.29 is 17.6 Å². The van der Waals surface area contributed by atoms with Gasteiger partial charge in [0.2, 0.25) is 5.89 Å². The largest absolute Gasteiger partial charge is 0.441 e. The molecule has 1 aliphatic rings. The van der Waals surface area contributed by atoms with E-state index in [9.17, 15) is 18.4 Å². The summed E-state index contributed by atoms with van der Waals surface area (Å²) in [4.78, 5) is 8.84. The van der Waals surface area contributed by atoms with E-state index in [1.165, 1.54) is 12.1 Å². The molecule has 1 aromatic carbocycles. The smallest absolute Gasteiger partial charge is 0.416 e. The number of alkyl halides is 3. The second-order valence-electron chi connectivity index (χ2n) is 6.45. The molecule has 1 aliphatic carbocycles. The summed E-state index contributed by atoms with van der Waals surface area (Å²) < 4.78 is 43.9. The van der Waals surface area contributed by atoms with Crippen molar-refractivity contribution in [3.63, 3.8) is 0 Å². The lowest BCUT2D eigenvalue weighted by Gasteiger charge is -2.20. The number of hydrogen-bond donors (Lipinski definition) is 0. The van der Waals surface area contributed by atoms with Crippen LogP contribution in [-0.4, -0.2) is 9.97 Å². The molecule has 0 N–H and O–H groups in total. The van der Waals surface area contributed by atoms with Gasteiger partial charge in [-0.3, -0.25) is 4.98 Å². The molecule has 136 valence electrons. The van der Waals surface area contributed by atoms with Gasteiger partial charge >= 0.3 is 6.18 Å². The molecule has 27 heavy (non-hydrogen) atoms. The molecule has 7 heteroatoms. The van der Waals surface area contributed by atoms with Gasteiger partial charge in [0.1, 0.15) is 11.8 Å². The van der Waals surface area contributed by atoms with Gasteiger partial charge in [0.05, 0.1) is 22.5 Å². The Morgan fingerprint density at radius 2 is 1.93 bits per heavy atom. The van der Waals surface area contributed by atoms with Crippen molar-refractivity contribution in [1.29, 1.82) is 5.26 Å². The number of halogens is 3. The summed E-state index contributed by atoms with van der Waals surface area (Å²) in [6.07, 6.45) is -0.689. The molecule has 0 bridgehead atoms. The third-order valence-corrected chi connectivity index (χ3v) is 4.74. The second kappa shape index (κ2) is 6.54. The lowest BCUT2D eigenvalue weighted by atomic mass is 9.86. The minimum absolute atomic E-state index is 0.0684. The topological polar surface area (TPSA) is 62.7 Å². The molecule has 0 saturated heterocycles.